The van der Waals surface area contributed by atoms with E-state index in [0.29, 0.717) is 6.04 Å². The fourth-order valence-corrected chi connectivity index (χ4v) is 2.68. The smallest absolute Gasteiger partial charge is 0.414 e. The fourth-order valence-electron chi connectivity index (χ4n) is 2.15. The van der Waals surface area contributed by atoms with Crippen LogP contribution in [-0.2, 0) is 9.59 Å². The Morgan fingerprint density at radius 1 is 1.32 bits per heavy atom. The average molecular weight is 371 g/mol. The van der Waals surface area contributed by atoms with Crippen molar-refractivity contribution in [1.29, 1.82) is 0 Å². The van der Waals surface area contributed by atoms with Crippen LogP contribution in [-0.4, -0.2) is 62.0 Å². The van der Waals surface area contributed by atoms with E-state index < -0.39 is 11.9 Å². The second kappa shape index (κ2) is 10.8. The molecule has 1 aromatic heterocycles. The molecule has 2 rings (SSSR count). The number of ether oxygens (including phenoxy) is 1. The van der Waals surface area contributed by atoms with Gasteiger partial charge in [0.15, 0.2) is 0 Å². The molecule has 2 heterocycles. The van der Waals surface area contributed by atoms with Crippen molar-refractivity contribution < 1.29 is 24.5 Å². The highest BCUT2D eigenvalue weighted by Crippen LogP contribution is 2.28. The Morgan fingerprint density at radius 2 is 2.00 bits per heavy atom. The second-order valence-electron chi connectivity index (χ2n) is 5.81. The zero-order valence-corrected chi connectivity index (χ0v) is 15.6. The van der Waals surface area contributed by atoms with E-state index in [1.54, 1.807) is 0 Å². The van der Waals surface area contributed by atoms with Crippen molar-refractivity contribution in [1.82, 2.24) is 13.6 Å². The van der Waals surface area contributed by atoms with Gasteiger partial charge in [-0.2, -0.15) is 4.37 Å². The van der Waals surface area contributed by atoms with Crippen LogP contribution in [0.25, 0.3) is 5.57 Å². The van der Waals surface area contributed by atoms with Crippen molar-refractivity contribution in [2.75, 3.05) is 20.2 Å². The first kappa shape index (κ1) is 21.0. The molecule has 0 amide bonds. The Morgan fingerprint density at radius 3 is 2.56 bits per heavy atom. The van der Waals surface area contributed by atoms with Gasteiger partial charge >= 0.3 is 11.9 Å². The van der Waals surface area contributed by atoms with E-state index in [1.807, 2.05) is 0 Å². The summed E-state index contributed by atoms with van der Waals surface area (Å²) in [7, 11) is 2.15. The van der Waals surface area contributed by atoms with Gasteiger partial charge in [-0.25, -0.2) is 9.59 Å². The minimum absolute atomic E-state index is 0.601. The minimum Gasteiger partial charge on any atom is -0.475 e. The van der Waals surface area contributed by atoms with Crippen molar-refractivity contribution in [3.63, 3.8) is 0 Å². The lowest BCUT2D eigenvalue weighted by Gasteiger charge is -2.29. The van der Waals surface area contributed by atoms with Crippen molar-refractivity contribution in [2.24, 2.45) is 0 Å². The van der Waals surface area contributed by atoms with Crippen LogP contribution >= 0.6 is 11.7 Å². The molecule has 0 saturated heterocycles. The third-order valence-electron chi connectivity index (χ3n) is 3.81. The summed E-state index contributed by atoms with van der Waals surface area (Å²) in [5, 5.41) is 14.8. The van der Waals surface area contributed by atoms with Crippen LogP contribution in [0.2, 0.25) is 0 Å². The molecule has 1 unspecified atom stereocenters. The summed E-state index contributed by atoms with van der Waals surface area (Å²) in [4.78, 5) is 20.5. The first-order chi connectivity index (χ1) is 11.9. The van der Waals surface area contributed by atoms with Crippen LogP contribution < -0.4 is 4.74 Å². The van der Waals surface area contributed by atoms with Gasteiger partial charge in [0.25, 0.3) is 5.88 Å². The monoisotopic (exact) mass is 371 g/mol. The highest BCUT2D eigenvalue weighted by molar-refractivity contribution is 6.99. The SMILES string of the molecule is CCCCCOc1nsnc1C1=CCC(C)N(C)C1.O=C(O)C(=O)O. The minimum atomic E-state index is -1.82. The molecule has 0 bridgehead atoms. The third-order valence-corrected chi connectivity index (χ3v) is 4.32. The number of nitrogens with zero attached hydrogens (tertiary/aromatic N) is 3. The standard InChI is InChI=1S/C14H23N3OS.C2H2O4/c1-4-5-6-9-18-14-13(15-19-16-14)12-8-7-11(2)17(3)10-12;3-1(4)2(5)6/h8,11H,4-7,9-10H2,1-3H3;(H,3,4)(H,5,6). The number of carboxylic acids is 2. The number of rotatable bonds is 6. The summed E-state index contributed by atoms with van der Waals surface area (Å²) < 4.78 is 14.5. The molecule has 8 nitrogen and oxygen atoms in total. The van der Waals surface area contributed by atoms with E-state index in [1.165, 1.54) is 30.1 Å². The van der Waals surface area contributed by atoms with Gasteiger partial charge in [-0.15, -0.1) is 4.37 Å². The summed E-state index contributed by atoms with van der Waals surface area (Å²) in [5.74, 6) is -2.93. The lowest BCUT2D eigenvalue weighted by Crippen LogP contribution is -2.33. The first-order valence-electron chi connectivity index (χ1n) is 8.18. The molecular formula is C16H25N3O5S. The Balaban J connectivity index is 0.000000450. The lowest BCUT2D eigenvalue weighted by atomic mass is 10.0. The molecule has 1 aliphatic rings. The zero-order valence-electron chi connectivity index (χ0n) is 14.8. The lowest BCUT2D eigenvalue weighted by molar-refractivity contribution is -0.159. The van der Waals surface area contributed by atoms with Gasteiger partial charge < -0.3 is 14.9 Å². The number of carbonyl (C=O) groups is 2. The Kier molecular flexibility index (Phi) is 9.07. The largest absolute Gasteiger partial charge is 0.475 e. The van der Waals surface area contributed by atoms with Gasteiger partial charge in [0, 0.05) is 12.6 Å². The van der Waals surface area contributed by atoms with Crippen LogP contribution in [0.1, 0.15) is 45.2 Å². The van der Waals surface area contributed by atoms with Gasteiger partial charge in [0.05, 0.1) is 18.3 Å². The van der Waals surface area contributed by atoms with E-state index in [4.69, 9.17) is 24.5 Å². The van der Waals surface area contributed by atoms with E-state index in [9.17, 15) is 0 Å². The van der Waals surface area contributed by atoms with E-state index in [2.05, 4.69) is 40.6 Å². The summed E-state index contributed by atoms with van der Waals surface area (Å²) in [6, 6.07) is 0.601. The third kappa shape index (κ3) is 7.18. The molecule has 0 radical (unpaired) electrons. The first-order valence-corrected chi connectivity index (χ1v) is 8.91. The van der Waals surface area contributed by atoms with Gasteiger partial charge in [0.1, 0.15) is 5.69 Å². The molecular weight excluding hydrogens is 346 g/mol. The molecule has 0 fully saturated rings. The number of carboxylic acid groups (broad SMARTS) is 2. The van der Waals surface area contributed by atoms with E-state index >= 15 is 0 Å². The Bertz CT molecular complexity index is 590. The summed E-state index contributed by atoms with van der Waals surface area (Å²) >= 11 is 1.24. The Labute approximate surface area is 151 Å². The molecule has 2 N–H and O–H groups in total. The topological polar surface area (TPSA) is 113 Å². The van der Waals surface area contributed by atoms with Gasteiger partial charge in [-0.1, -0.05) is 25.8 Å². The maximum Gasteiger partial charge on any atom is 0.414 e. The van der Waals surface area contributed by atoms with E-state index in [-0.39, 0.29) is 0 Å². The summed E-state index contributed by atoms with van der Waals surface area (Å²) in [5.41, 5.74) is 2.19. The highest BCUT2D eigenvalue weighted by atomic mass is 32.1. The molecule has 9 heteroatoms. The van der Waals surface area contributed by atoms with Gasteiger partial charge in [-0.05, 0) is 32.4 Å². The Hall–Kier alpha value is -2.00. The van der Waals surface area contributed by atoms with Crippen LogP contribution in [0, 0.1) is 0 Å². The van der Waals surface area contributed by atoms with Crippen molar-refractivity contribution >= 4 is 29.2 Å². The van der Waals surface area contributed by atoms with Gasteiger partial charge in [-0.3, -0.25) is 4.90 Å². The van der Waals surface area contributed by atoms with Crippen molar-refractivity contribution in [3.05, 3.63) is 11.8 Å². The number of hydrogen-bond donors (Lipinski definition) is 2. The highest BCUT2D eigenvalue weighted by Gasteiger charge is 2.21. The zero-order chi connectivity index (χ0) is 18.8. The average Bonchev–Trinajstić information content (AvgIpc) is 3.03. The van der Waals surface area contributed by atoms with Crippen molar-refractivity contribution in [3.8, 4) is 5.88 Å². The molecule has 0 spiro atoms. The van der Waals surface area contributed by atoms with Gasteiger partial charge in [0.2, 0.25) is 0 Å². The number of aliphatic carboxylic acids is 2. The number of hydrogen-bond acceptors (Lipinski definition) is 7. The number of likely N-dealkylation sites (N-methyl/N-ethyl adjacent to an activating group) is 1. The molecule has 0 saturated carbocycles. The maximum absolute atomic E-state index is 9.10. The molecule has 0 aliphatic carbocycles. The van der Waals surface area contributed by atoms with Crippen LogP contribution in [0.15, 0.2) is 6.08 Å². The molecule has 0 aromatic carbocycles. The van der Waals surface area contributed by atoms with Crippen LogP contribution in [0.3, 0.4) is 0 Å². The second-order valence-corrected chi connectivity index (χ2v) is 6.34. The summed E-state index contributed by atoms with van der Waals surface area (Å²) in [6.45, 7) is 6.11. The normalized spacial score (nSPS) is 17.2. The molecule has 1 aromatic rings. The molecule has 25 heavy (non-hydrogen) atoms. The number of aromatic nitrogens is 2. The molecule has 140 valence electrons. The predicted molar refractivity (Wildman–Crippen MR) is 94.9 cm³/mol. The molecule has 1 atom stereocenters. The van der Waals surface area contributed by atoms with Crippen molar-refractivity contribution in [2.45, 2.75) is 45.6 Å². The van der Waals surface area contributed by atoms with E-state index in [0.717, 1.165) is 37.6 Å². The quantitative estimate of drug-likeness (QED) is 0.579. The van der Waals surface area contributed by atoms with Crippen LogP contribution in [0.4, 0.5) is 0 Å². The maximum atomic E-state index is 9.10. The summed E-state index contributed by atoms with van der Waals surface area (Å²) in [6.07, 6.45) is 6.84. The predicted octanol–water partition coefficient (Wildman–Crippen LogP) is 2.37. The van der Waals surface area contributed by atoms with Crippen LogP contribution in [0.5, 0.6) is 5.88 Å². The fraction of sp³-hybridized carbons (Fsp3) is 0.625. The molecule has 1 aliphatic heterocycles. The number of unbranched alkanes of at least 4 members (excludes halogenated alkanes) is 2.